The Labute approximate surface area is 184 Å². The number of thiocarbonyl (C=S) groups is 1. The number of imidazole rings is 1. The molecule has 0 bridgehead atoms. The smallest absolute Gasteiger partial charge is 0.223 e. The number of benzene rings is 2. The average molecular weight is 447 g/mol. The van der Waals surface area contributed by atoms with Crippen LogP contribution >= 0.6 is 23.8 Å². The van der Waals surface area contributed by atoms with Crippen LogP contribution in [0.25, 0.3) is 5.69 Å². The Bertz CT molecular complexity index is 1080. The number of nitrogens with one attached hydrogen (secondary N) is 1. The number of ether oxygens (including phenoxy) is 2. The van der Waals surface area contributed by atoms with Crippen molar-refractivity contribution in [3.8, 4) is 11.4 Å². The van der Waals surface area contributed by atoms with Crippen molar-refractivity contribution in [1.82, 2.24) is 9.55 Å². The van der Waals surface area contributed by atoms with Crippen LogP contribution in [0.3, 0.4) is 0 Å². The molecule has 156 valence electrons. The molecule has 0 aliphatic rings. The number of hydrogen-bond donors (Lipinski definition) is 1. The Balaban J connectivity index is 1.92. The van der Waals surface area contributed by atoms with Gasteiger partial charge in [0, 0.05) is 11.8 Å². The summed E-state index contributed by atoms with van der Waals surface area (Å²) >= 11 is 11.3. The lowest BCUT2D eigenvalue weighted by atomic mass is 10.2. The van der Waals surface area contributed by atoms with Crippen LogP contribution in [0, 0.1) is 12.7 Å². The second-order valence-electron chi connectivity index (χ2n) is 6.19. The van der Waals surface area contributed by atoms with Crippen LogP contribution in [0.5, 0.6) is 5.75 Å². The third-order valence-electron chi connectivity index (χ3n) is 4.10. The van der Waals surface area contributed by atoms with Crippen molar-refractivity contribution >= 4 is 40.5 Å². The van der Waals surface area contributed by atoms with Gasteiger partial charge in [-0.2, -0.15) is 4.99 Å². The molecular formula is C21H20ClFN4O2S. The summed E-state index contributed by atoms with van der Waals surface area (Å²) in [4.78, 5) is 8.55. The summed E-state index contributed by atoms with van der Waals surface area (Å²) in [6.45, 7) is 4.11. The van der Waals surface area contributed by atoms with Crippen LogP contribution in [0.15, 0.2) is 53.9 Å². The zero-order chi connectivity index (χ0) is 21.7. The van der Waals surface area contributed by atoms with Gasteiger partial charge in [-0.1, -0.05) is 17.7 Å². The second-order valence-corrected chi connectivity index (χ2v) is 6.98. The highest BCUT2D eigenvalue weighted by Crippen LogP contribution is 2.26. The Morgan fingerprint density at radius 1 is 1.33 bits per heavy atom. The highest BCUT2D eigenvalue weighted by Gasteiger charge is 2.14. The molecule has 0 radical (unpaired) electrons. The molecule has 6 nitrogen and oxygen atoms in total. The zero-order valence-electron chi connectivity index (χ0n) is 16.6. The topological polar surface area (TPSA) is 60.7 Å². The molecule has 1 N–H and O–H groups in total. The van der Waals surface area contributed by atoms with E-state index in [9.17, 15) is 4.39 Å². The van der Waals surface area contributed by atoms with Gasteiger partial charge in [0.15, 0.2) is 0 Å². The Hall–Kier alpha value is -2.97. The van der Waals surface area contributed by atoms with E-state index in [2.05, 4.69) is 15.3 Å². The van der Waals surface area contributed by atoms with Crippen molar-refractivity contribution in [1.29, 1.82) is 0 Å². The first-order valence-electron chi connectivity index (χ1n) is 9.08. The molecule has 0 saturated heterocycles. The van der Waals surface area contributed by atoms with Gasteiger partial charge in [-0.15, -0.1) is 0 Å². The third-order valence-corrected chi connectivity index (χ3v) is 4.60. The molecule has 3 aromatic rings. The van der Waals surface area contributed by atoms with Crippen molar-refractivity contribution in [3.05, 3.63) is 71.0 Å². The van der Waals surface area contributed by atoms with Crippen molar-refractivity contribution in [2.45, 2.75) is 13.8 Å². The zero-order valence-corrected chi connectivity index (χ0v) is 18.2. The fraction of sp³-hybridized carbons (Fsp3) is 0.190. The largest absolute Gasteiger partial charge is 0.495 e. The molecule has 0 saturated carbocycles. The number of aromatic nitrogens is 2. The van der Waals surface area contributed by atoms with Gasteiger partial charge in [0.1, 0.15) is 11.6 Å². The van der Waals surface area contributed by atoms with E-state index < -0.39 is 5.82 Å². The highest BCUT2D eigenvalue weighted by atomic mass is 35.5. The number of nitrogens with zero attached hydrogens (tertiary/aromatic N) is 3. The number of para-hydroxylation sites is 1. The summed E-state index contributed by atoms with van der Waals surface area (Å²) in [5.74, 6) is 0.349. The van der Waals surface area contributed by atoms with E-state index in [1.165, 1.54) is 12.1 Å². The molecule has 30 heavy (non-hydrogen) atoms. The minimum Gasteiger partial charge on any atom is -0.495 e. The van der Waals surface area contributed by atoms with Crippen LogP contribution in [0.2, 0.25) is 5.02 Å². The fourth-order valence-corrected chi connectivity index (χ4v) is 3.13. The number of rotatable bonds is 5. The second kappa shape index (κ2) is 9.69. The molecule has 1 heterocycles. The van der Waals surface area contributed by atoms with Gasteiger partial charge >= 0.3 is 0 Å². The summed E-state index contributed by atoms with van der Waals surface area (Å²) in [5, 5.41) is 2.93. The molecular weight excluding hydrogens is 427 g/mol. The fourth-order valence-electron chi connectivity index (χ4n) is 2.74. The molecule has 0 amide bonds. The normalized spacial score (nSPS) is 11.3. The molecule has 0 aliphatic heterocycles. The number of aliphatic imine (C=N–C) groups is 1. The molecule has 0 spiro atoms. The van der Waals surface area contributed by atoms with E-state index in [1.807, 2.05) is 36.7 Å². The van der Waals surface area contributed by atoms with Crippen molar-refractivity contribution in [3.63, 3.8) is 0 Å². The minimum absolute atomic E-state index is 0.0127. The van der Waals surface area contributed by atoms with Crippen molar-refractivity contribution < 1.29 is 13.9 Å². The SMILES string of the molecule is CCOC(=NC(=S)Nc1c(F)cccc1Cl)c1ccc(-n2cnc(C)c2)c(OC)c1. The lowest BCUT2D eigenvalue weighted by Gasteiger charge is -2.14. The van der Waals surface area contributed by atoms with E-state index >= 15 is 0 Å². The number of methoxy groups -OCH3 is 1. The van der Waals surface area contributed by atoms with Crippen LogP contribution in [0.1, 0.15) is 18.2 Å². The van der Waals surface area contributed by atoms with Gasteiger partial charge in [-0.25, -0.2) is 9.37 Å². The third kappa shape index (κ3) is 4.95. The van der Waals surface area contributed by atoms with Gasteiger partial charge in [-0.05, 0) is 56.4 Å². The summed E-state index contributed by atoms with van der Waals surface area (Å²) in [7, 11) is 1.58. The number of hydrogen-bond acceptors (Lipinski definition) is 4. The minimum atomic E-state index is -0.528. The van der Waals surface area contributed by atoms with E-state index in [4.69, 9.17) is 33.3 Å². The van der Waals surface area contributed by atoms with Gasteiger partial charge in [0.25, 0.3) is 0 Å². The van der Waals surface area contributed by atoms with Crippen molar-refractivity contribution in [2.24, 2.45) is 4.99 Å². The summed E-state index contributed by atoms with van der Waals surface area (Å²) in [6.07, 6.45) is 3.61. The molecule has 0 aliphatic carbocycles. The monoisotopic (exact) mass is 446 g/mol. The maximum absolute atomic E-state index is 14.0. The number of anilines is 1. The average Bonchev–Trinajstić information content (AvgIpc) is 3.16. The molecule has 0 fully saturated rings. The summed E-state index contributed by atoms with van der Waals surface area (Å²) < 4.78 is 27.1. The highest BCUT2D eigenvalue weighted by molar-refractivity contribution is 7.80. The van der Waals surface area contributed by atoms with Gasteiger partial charge in [-0.3, -0.25) is 0 Å². The molecule has 0 unspecified atom stereocenters. The Morgan fingerprint density at radius 3 is 2.77 bits per heavy atom. The van der Waals surface area contributed by atoms with Crippen LogP contribution in [-0.4, -0.2) is 34.3 Å². The molecule has 0 atom stereocenters. The van der Waals surface area contributed by atoms with E-state index in [0.29, 0.717) is 17.9 Å². The van der Waals surface area contributed by atoms with Gasteiger partial charge in [0.05, 0.1) is 42.1 Å². The first-order valence-corrected chi connectivity index (χ1v) is 9.87. The first-order chi connectivity index (χ1) is 14.4. The Morgan fingerprint density at radius 2 is 2.13 bits per heavy atom. The first kappa shape index (κ1) is 21.7. The Kier molecular flexibility index (Phi) is 7.02. The van der Waals surface area contributed by atoms with Crippen LogP contribution in [-0.2, 0) is 4.74 Å². The van der Waals surface area contributed by atoms with Gasteiger partial charge in [0.2, 0.25) is 11.0 Å². The molecule has 9 heteroatoms. The predicted molar refractivity (Wildman–Crippen MR) is 121 cm³/mol. The summed E-state index contributed by atoms with van der Waals surface area (Å²) in [5.41, 5.74) is 2.42. The lowest BCUT2D eigenvalue weighted by Crippen LogP contribution is -2.15. The van der Waals surface area contributed by atoms with E-state index in [-0.39, 0.29) is 21.7 Å². The lowest BCUT2D eigenvalue weighted by molar-refractivity contribution is 0.329. The maximum Gasteiger partial charge on any atom is 0.223 e. The van der Waals surface area contributed by atoms with E-state index in [1.54, 1.807) is 25.6 Å². The maximum atomic E-state index is 14.0. The van der Waals surface area contributed by atoms with Crippen molar-refractivity contribution in [2.75, 3.05) is 19.0 Å². The number of halogens is 2. The van der Waals surface area contributed by atoms with E-state index in [0.717, 1.165) is 11.4 Å². The standard InChI is InChI=1S/C21H20ClFN4O2S/c1-4-29-20(26-21(30)25-19-15(22)6-5-7-16(19)23)14-8-9-17(18(10-14)28-3)27-11-13(2)24-12-27/h5-12H,4H2,1-3H3,(H,25,30). The number of aryl methyl sites for hydroxylation is 1. The summed E-state index contributed by atoms with van der Waals surface area (Å²) in [6, 6.07) is 9.85. The van der Waals surface area contributed by atoms with Crippen LogP contribution in [0.4, 0.5) is 10.1 Å². The van der Waals surface area contributed by atoms with Gasteiger partial charge < -0.3 is 19.4 Å². The molecule has 3 rings (SSSR count). The molecule has 1 aromatic heterocycles. The van der Waals surface area contributed by atoms with Crippen LogP contribution < -0.4 is 10.1 Å². The predicted octanol–water partition coefficient (Wildman–Crippen LogP) is 5.16. The quantitative estimate of drug-likeness (QED) is 0.333. The molecule has 2 aromatic carbocycles.